The molecule has 120 valence electrons. The number of amides is 1. The monoisotopic (exact) mass is 382 g/mol. The third kappa shape index (κ3) is 3.81. The van der Waals surface area contributed by atoms with E-state index in [1.807, 2.05) is 42.5 Å². The molecule has 4 nitrogen and oxygen atoms in total. The molecular formula is C19H15BrN2O2. The van der Waals surface area contributed by atoms with E-state index >= 15 is 0 Å². The van der Waals surface area contributed by atoms with Crippen LogP contribution < -0.4 is 10.9 Å². The Balaban J connectivity index is 1.85. The molecule has 5 heteroatoms. The quantitative estimate of drug-likeness (QED) is 0.743. The molecule has 1 aromatic heterocycles. The highest BCUT2D eigenvalue weighted by Gasteiger charge is 2.12. The number of anilines is 1. The second-order valence-corrected chi connectivity index (χ2v) is 6.22. The molecule has 1 N–H and O–H groups in total. The zero-order valence-corrected chi connectivity index (χ0v) is 14.4. The van der Waals surface area contributed by atoms with E-state index in [1.54, 1.807) is 24.4 Å². The molecule has 0 aliphatic carbocycles. The molecule has 3 rings (SSSR count). The molecule has 2 aromatic carbocycles. The van der Waals surface area contributed by atoms with Crippen molar-refractivity contribution in [1.29, 1.82) is 0 Å². The zero-order chi connectivity index (χ0) is 16.9. The molecule has 0 saturated heterocycles. The highest BCUT2D eigenvalue weighted by Crippen LogP contribution is 2.16. The number of carbonyl (C=O) groups is 1. The summed E-state index contributed by atoms with van der Waals surface area (Å²) in [6.07, 6.45) is 1.69. The summed E-state index contributed by atoms with van der Waals surface area (Å²) in [5.74, 6) is -0.416. The van der Waals surface area contributed by atoms with Crippen molar-refractivity contribution in [3.63, 3.8) is 0 Å². The summed E-state index contributed by atoms with van der Waals surface area (Å²) in [5, 5.41) is 2.75. The number of carbonyl (C=O) groups excluding carboxylic acids is 1. The van der Waals surface area contributed by atoms with E-state index in [-0.39, 0.29) is 11.1 Å². The van der Waals surface area contributed by atoms with E-state index in [4.69, 9.17) is 0 Å². The second kappa shape index (κ2) is 7.27. The number of hydrogen-bond donors (Lipinski definition) is 1. The van der Waals surface area contributed by atoms with Crippen LogP contribution in [-0.2, 0) is 6.54 Å². The van der Waals surface area contributed by atoms with Crippen LogP contribution >= 0.6 is 15.9 Å². The largest absolute Gasteiger partial charge is 0.322 e. The third-order valence-electron chi connectivity index (χ3n) is 3.54. The van der Waals surface area contributed by atoms with Crippen molar-refractivity contribution < 1.29 is 4.79 Å². The lowest BCUT2D eigenvalue weighted by Gasteiger charge is -2.09. The minimum atomic E-state index is -0.416. The van der Waals surface area contributed by atoms with Gasteiger partial charge in [0, 0.05) is 16.4 Å². The highest BCUT2D eigenvalue weighted by atomic mass is 79.9. The van der Waals surface area contributed by atoms with Crippen molar-refractivity contribution in [3.8, 4) is 0 Å². The van der Waals surface area contributed by atoms with E-state index in [0.717, 1.165) is 10.0 Å². The van der Waals surface area contributed by atoms with E-state index in [9.17, 15) is 9.59 Å². The summed E-state index contributed by atoms with van der Waals surface area (Å²) in [5.41, 5.74) is 1.44. The Labute approximate surface area is 147 Å². The number of nitrogens with zero attached hydrogens (tertiary/aromatic N) is 1. The van der Waals surface area contributed by atoms with Gasteiger partial charge in [0.25, 0.3) is 11.5 Å². The normalized spacial score (nSPS) is 10.4. The summed E-state index contributed by atoms with van der Waals surface area (Å²) in [7, 11) is 0. The lowest BCUT2D eigenvalue weighted by molar-refractivity contribution is 0.102. The summed E-state index contributed by atoms with van der Waals surface area (Å²) < 4.78 is 2.39. The number of benzene rings is 2. The van der Waals surface area contributed by atoms with E-state index in [0.29, 0.717) is 12.2 Å². The van der Waals surface area contributed by atoms with Crippen LogP contribution in [0.3, 0.4) is 0 Å². The molecule has 24 heavy (non-hydrogen) atoms. The van der Waals surface area contributed by atoms with Crippen LogP contribution in [0.5, 0.6) is 0 Å². The van der Waals surface area contributed by atoms with Gasteiger partial charge in [0.1, 0.15) is 5.56 Å². The number of rotatable bonds is 4. The Morgan fingerprint density at radius 1 is 1.00 bits per heavy atom. The van der Waals surface area contributed by atoms with Crippen molar-refractivity contribution >= 4 is 27.5 Å². The average Bonchev–Trinajstić information content (AvgIpc) is 2.57. The lowest BCUT2D eigenvalue weighted by atomic mass is 10.2. The minimum Gasteiger partial charge on any atom is -0.322 e. The first-order valence-electron chi connectivity index (χ1n) is 7.44. The van der Waals surface area contributed by atoms with Crippen molar-refractivity contribution in [2.45, 2.75) is 6.54 Å². The van der Waals surface area contributed by atoms with Crippen LogP contribution in [0.2, 0.25) is 0 Å². The Hall–Kier alpha value is -2.66. The summed E-state index contributed by atoms with van der Waals surface area (Å²) in [6, 6.07) is 20.1. The number of hydrogen-bond acceptors (Lipinski definition) is 2. The fraction of sp³-hybridized carbons (Fsp3) is 0.0526. The summed E-state index contributed by atoms with van der Waals surface area (Å²) >= 11 is 3.35. The zero-order valence-electron chi connectivity index (χ0n) is 12.8. The SMILES string of the molecule is O=C(Nc1cccc(Br)c1)c1cccn(Cc2ccccc2)c1=O. The van der Waals surface area contributed by atoms with Gasteiger partial charge in [-0.3, -0.25) is 9.59 Å². The van der Waals surface area contributed by atoms with Gasteiger partial charge in [-0.15, -0.1) is 0 Å². The summed E-state index contributed by atoms with van der Waals surface area (Å²) in [4.78, 5) is 25.0. The van der Waals surface area contributed by atoms with Gasteiger partial charge < -0.3 is 9.88 Å². The van der Waals surface area contributed by atoms with Crippen LogP contribution in [0, 0.1) is 0 Å². The molecule has 3 aromatic rings. The van der Waals surface area contributed by atoms with Crippen LogP contribution in [0.1, 0.15) is 15.9 Å². The van der Waals surface area contributed by atoms with Gasteiger partial charge in [0.2, 0.25) is 0 Å². The number of halogens is 1. The molecule has 0 aliphatic heterocycles. The predicted octanol–water partition coefficient (Wildman–Crippen LogP) is 3.91. The van der Waals surface area contributed by atoms with Gasteiger partial charge in [-0.25, -0.2) is 0 Å². The predicted molar refractivity (Wildman–Crippen MR) is 98.3 cm³/mol. The first-order chi connectivity index (χ1) is 11.6. The smallest absolute Gasteiger partial charge is 0.263 e. The molecule has 0 bridgehead atoms. The Morgan fingerprint density at radius 2 is 1.79 bits per heavy atom. The van der Waals surface area contributed by atoms with Gasteiger partial charge in [0.15, 0.2) is 0 Å². The molecule has 1 amide bonds. The maximum atomic E-state index is 12.6. The molecule has 0 radical (unpaired) electrons. The minimum absolute atomic E-state index is 0.119. The molecule has 1 heterocycles. The average molecular weight is 383 g/mol. The molecular weight excluding hydrogens is 368 g/mol. The van der Waals surface area contributed by atoms with Crippen molar-refractivity contribution in [1.82, 2.24) is 4.57 Å². The van der Waals surface area contributed by atoms with Crippen LogP contribution in [0.4, 0.5) is 5.69 Å². The fourth-order valence-electron chi connectivity index (χ4n) is 2.38. The van der Waals surface area contributed by atoms with E-state index in [2.05, 4.69) is 21.2 Å². The number of pyridine rings is 1. The summed E-state index contributed by atoms with van der Waals surface area (Å²) in [6.45, 7) is 0.428. The third-order valence-corrected chi connectivity index (χ3v) is 4.04. The van der Waals surface area contributed by atoms with Crippen molar-refractivity contribution in [2.24, 2.45) is 0 Å². The lowest BCUT2D eigenvalue weighted by Crippen LogP contribution is -2.29. The molecule has 0 fully saturated rings. The molecule has 0 unspecified atom stereocenters. The topological polar surface area (TPSA) is 51.1 Å². The van der Waals surface area contributed by atoms with E-state index < -0.39 is 5.91 Å². The molecule has 0 aliphatic rings. The maximum absolute atomic E-state index is 12.6. The van der Waals surface area contributed by atoms with Crippen LogP contribution in [0.15, 0.2) is 82.2 Å². The van der Waals surface area contributed by atoms with Gasteiger partial charge in [-0.1, -0.05) is 52.3 Å². The van der Waals surface area contributed by atoms with Gasteiger partial charge >= 0.3 is 0 Å². The van der Waals surface area contributed by atoms with Crippen molar-refractivity contribution in [2.75, 3.05) is 5.32 Å². The number of nitrogens with one attached hydrogen (secondary N) is 1. The number of aromatic nitrogens is 1. The van der Waals surface area contributed by atoms with Crippen LogP contribution in [-0.4, -0.2) is 10.5 Å². The van der Waals surface area contributed by atoms with E-state index in [1.165, 1.54) is 10.6 Å². The Kier molecular flexibility index (Phi) is 4.91. The molecule has 0 atom stereocenters. The standard InChI is InChI=1S/C19H15BrN2O2/c20-15-8-4-9-16(12-15)21-18(23)17-10-5-11-22(19(17)24)13-14-6-2-1-3-7-14/h1-12H,13H2,(H,21,23). The Bertz CT molecular complexity index is 920. The van der Waals surface area contributed by atoms with Gasteiger partial charge in [-0.2, -0.15) is 0 Å². The Morgan fingerprint density at radius 3 is 2.54 bits per heavy atom. The van der Waals surface area contributed by atoms with Gasteiger partial charge in [0.05, 0.1) is 6.54 Å². The van der Waals surface area contributed by atoms with Gasteiger partial charge in [-0.05, 0) is 35.9 Å². The maximum Gasteiger partial charge on any atom is 0.263 e. The van der Waals surface area contributed by atoms with Crippen LogP contribution in [0.25, 0.3) is 0 Å². The first-order valence-corrected chi connectivity index (χ1v) is 8.23. The molecule has 0 saturated carbocycles. The fourth-order valence-corrected chi connectivity index (χ4v) is 2.78. The first kappa shape index (κ1) is 16.2. The van der Waals surface area contributed by atoms with Crippen molar-refractivity contribution in [3.05, 3.63) is 98.9 Å². The molecule has 0 spiro atoms. The second-order valence-electron chi connectivity index (χ2n) is 5.30. The highest BCUT2D eigenvalue weighted by molar-refractivity contribution is 9.10.